The summed E-state index contributed by atoms with van der Waals surface area (Å²) in [7, 11) is 0. The minimum atomic E-state index is 0.671. The first-order chi connectivity index (χ1) is 16.8. The molecule has 34 heavy (non-hydrogen) atoms. The molecule has 0 aliphatic heterocycles. The van der Waals surface area contributed by atoms with E-state index in [2.05, 4.69) is 34.5 Å². The van der Waals surface area contributed by atoms with Crippen LogP contribution < -0.4 is 11.1 Å². The van der Waals surface area contributed by atoms with Crippen molar-refractivity contribution in [2.45, 2.75) is 122 Å². The lowest BCUT2D eigenvalue weighted by molar-refractivity contribution is 0.244. The van der Waals surface area contributed by atoms with Gasteiger partial charge in [-0.3, -0.25) is 4.98 Å². The Bertz CT molecular complexity index is 770. The number of hydrogen-bond acceptors (Lipinski definition) is 3. The van der Waals surface area contributed by atoms with Gasteiger partial charge >= 0.3 is 0 Å². The fraction of sp³-hybridized carbons (Fsp3) is 0.767. The molecule has 1 saturated carbocycles. The Labute approximate surface area is 209 Å². The number of fused-ring (bicyclic) bond motifs is 1. The number of nitrogens with one attached hydrogen (secondary N) is 2. The van der Waals surface area contributed by atoms with Crippen LogP contribution in [0.5, 0.6) is 0 Å². The summed E-state index contributed by atoms with van der Waals surface area (Å²) in [6, 6.07) is 2.80. The Balaban J connectivity index is 1.43. The minimum absolute atomic E-state index is 0.671. The smallest absolute Gasteiger partial charge is 0.0643 e. The van der Waals surface area contributed by atoms with Gasteiger partial charge in [0, 0.05) is 23.8 Å². The summed E-state index contributed by atoms with van der Waals surface area (Å²) < 4.78 is 0. The van der Waals surface area contributed by atoms with Crippen LogP contribution in [0, 0.1) is 11.8 Å². The highest BCUT2D eigenvalue weighted by Crippen LogP contribution is 2.33. The highest BCUT2D eigenvalue weighted by Gasteiger charge is 2.23. The highest BCUT2D eigenvalue weighted by molar-refractivity contribution is 5.82. The summed E-state index contributed by atoms with van der Waals surface area (Å²) in [5.41, 5.74) is 8.64. The standard InChI is InChI=1S/C30H52N4/c1-2-3-4-5-6-7-9-13-26(17-20-31)25-12-10-8-11-14-28(16-15-25)33-22-18-27-23-34-30-24-32-21-19-29(27)30/h19,21,23-26,28,33-34H,2-18,20,22,31H2,1H3. The molecule has 4 N–H and O–H groups in total. The van der Waals surface area contributed by atoms with Crippen LogP contribution >= 0.6 is 0 Å². The lowest BCUT2D eigenvalue weighted by Gasteiger charge is -2.28. The number of rotatable bonds is 15. The first kappa shape index (κ1) is 27.2. The maximum absolute atomic E-state index is 6.08. The molecule has 2 aromatic rings. The molecule has 3 rings (SSSR count). The van der Waals surface area contributed by atoms with Crippen molar-refractivity contribution in [3.05, 3.63) is 30.2 Å². The molecule has 3 unspecified atom stereocenters. The van der Waals surface area contributed by atoms with Gasteiger partial charge in [-0.1, -0.05) is 84.0 Å². The average Bonchev–Trinajstić information content (AvgIpc) is 3.31. The first-order valence-electron chi connectivity index (χ1n) is 14.6. The predicted octanol–water partition coefficient (Wildman–Crippen LogP) is 7.53. The van der Waals surface area contributed by atoms with E-state index in [1.54, 1.807) is 0 Å². The predicted molar refractivity (Wildman–Crippen MR) is 147 cm³/mol. The molecule has 3 atom stereocenters. The van der Waals surface area contributed by atoms with Crippen molar-refractivity contribution in [1.29, 1.82) is 0 Å². The van der Waals surface area contributed by atoms with Crippen molar-refractivity contribution in [1.82, 2.24) is 15.3 Å². The lowest BCUT2D eigenvalue weighted by atomic mass is 9.79. The number of nitrogens with zero attached hydrogens (tertiary/aromatic N) is 1. The Hall–Kier alpha value is -1.39. The SMILES string of the molecule is CCCCCCCCCC(CCN)C1CCCCCC(NCCc2c[nH]c3cnccc23)CC1. The van der Waals surface area contributed by atoms with E-state index in [0.717, 1.165) is 36.9 Å². The van der Waals surface area contributed by atoms with Gasteiger partial charge in [-0.15, -0.1) is 0 Å². The molecule has 4 heteroatoms. The molecule has 192 valence electrons. The third-order valence-corrected chi connectivity index (χ3v) is 8.29. The van der Waals surface area contributed by atoms with Crippen LogP contribution in [-0.2, 0) is 6.42 Å². The van der Waals surface area contributed by atoms with Crippen molar-refractivity contribution in [3.8, 4) is 0 Å². The minimum Gasteiger partial charge on any atom is -0.360 e. The van der Waals surface area contributed by atoms with E-state index in [-0.39, 0.29) is 0 Å². The molecular formula is C30H52N4. The topological polar surface area (TPSA) is 66.7 Å². The van der Waals surface area contributed by atoms with Crippen LogP contribution in [-0.4, -0.2) is 29.1 Å². The number of aromatic amines is 1. The number of pyridine rings is 1. The third kappa shape index (κ3) is 9.34. The van der Waals surface area contributed by atoms with E-state index >= 15 is 0 Å². The Kier molecular flexibility index (Phi) is 13.1. The van der Waals surface area contributed by atoms with E-state index < -0.39 is 0 Å². The Morgan fingerprint density at radius 2 is 1.82 bits per heavy atom. The van der Waals surface area contributed by atoms with E-state index in [1.165, 1.54) is 114 Å². The number of aromatic nitrogens is 2. The molecule has 1 aliphatic rings. The Morgan fingerprint density at radius 3 is 2.68 bits per heavy atom. The fourth-order valence-corrected chi connectivity index (χ4v) is 6.20. The number of hydrogen-bond donors (Lipinski definition) is 3. The van der Waals surface area contributed by atoms with Gasteiger partial charge in [-0.2, -0.15) is 0 Å². The number of nitrogens with two attached hydrogens (primary N) is 1. The van der Waals surface area contributed by atoms with Crippen LogP contribution in [0.4, 0.5) is 0 Å². The molecule has 0 spiro atoms. The van der Waals surface area contributed by atoms with Crippen molar-refractivity contribution in [2.24, 2.45) is 17.6 Å². The lowest BCUT2D eigenvalue weighted by Crippen LogP contribution is -2.31. The fourth-order valence-electron chi connectivity index (χ4n) is 6.20. The maximum Gasteiger partial charge on any atom is 0.0643 e. The zero-order valence-corrected chi connectivity index (χ0v) is 22.0. The average molecular weight is 469 g/mol. The summed E-state index contributed by atoms with van der Waals surface area (Å²) in [5.74, 6) is 1.73. The van der Waals surface area contributed by atoms with Crippen molar-refractivity contribution >= 4 is 10.9 Å². The van der Waals surface area contributed by atoms with Crippen LogP contribution in [0.15, 0.2) is 24.7 Å². The van der Waals surface area contributed by atoms with Gasteiger partial charge in [0.25, 0.3) is 0 Å². The number of unbranched alkanes of at least 4 members (excludes halogenated alkanes) is 6. The van der Waals surface area contributed by atoms with E-state index in [1.807, 2.05) is 12.4 Å². The van der Waals surface area contributed by atoms with E-state index in [4.69, 9.17) is 5.73 Å². The van der Waals surface area contributed by atoms with Gasteiger partial charge in [0.1, 0.15) is 0 Å². The first-order valence-corrected chi connectivity index (χ1v) is 14.6. The number of H-pyrrole nitrogens is 1. The molecule has 1 fully saturated rings. The second-order valence-electron chi connectivity index (χ2n) is 10.9. The third-order valence-electron chi connectivity index (χ3n) is 8.29. The second kappa shape index (κ2) is 16.3. The van der Waals surface area contributed by atoms with Crippen LogP contribution in [0.1, 0.15) is 115 Å². The van der Waals surface area contributed by atoms with Crippen molar-refractivity contribution in [2.75, 3.05) is 13.1 Å². The second-order valence-corrected chi connectivity index (χ2v) is 10.9. The molecule has 1 aliphatic carbocycles. The van der Waals surface area contributed by atoms with Gasteiger partial charge in [-0.05, 0) is 68.7 Å². The quantitative estimate of drug-likeness (QED) is 0.237. The van der Waals surface area contributed by atoms with E-state index in [9.17, 15) is 0 Å². The zero-order chi connectivity index (χ0) is 23.8. The van der Waals surface area contributed by atoms with Crippen LogP contribution in [0.3, 0.4) is 0 Å². The summed E-state index contributed by atoms with van der Waals surface area (Å²) >= 11 is 0. The summed E-state index contributed by atoms with van der Waals surface area (Å²) in [6.45, 7) is 4.23. The molecular weight excluding hydrogens is 416 g/mol. The molecule has 0 radical (unpaired) electrons. The molecule has 0 aromatic carbocycles. The zero-order valence-electron chi connectivity index (χ0n) is 22.0. The summed E-state index contributed by atoms with van der Waals surface area (Å²) in [6.07, 6.45) is 29.3. The molecule has 2 heterocycles. The van der Waals surface area contributed by atoms with E-state index in [0.29, 0.717) is 6.04 Å². The normalized spacial score (nSPS) is 20.6. The van der Waals surface area contributed by atoms with Crippen LogP contribution in [0.25, 0.3) is 10.9 Å². The molecule has 0 amide bonds. The van der Waals surface area contributed by atoms with Gasteiger partial charge in [0.05, 0.1) is 11.7 Å². The van der Waals surface area contributed by atoms with Gasteiger partial charge in [0.15, 0.2) is 0 Å². The largest absolute Gasteiger partial charge is 0.360 e. The van der Waals surface area contributed by atoms with Crippen LogP contribution in [0.2, 0.25) is 0 Å². The highest BCUT2D eigenvalue weighted by atomic mass is 14.9. The maximum atomic E-state index is 6.08. The molecule has 0 bridgehead atoms. The van der Waals surface area contributed by atoms with Gasteiger partial charge in [0.2, 0.25) is 0 Å². The molecule has 4 nitrogen and oxygen atoms in total. The van der Waals surface area contributed by atoms with Crippen molar-refractivity contribution in [3.63, 3.8) is 0 Å². The van der Waals surface area contributed by atoms with Gasteiger partial charge in [-0.25, -0.2) is 0 Å². The van der Waals surface area contributed by atoms with Gasteiger partial charge < -0.3 is 16.0 Å². The summed E-state index contributed by atoms with van der Waals surface area (Å²) in [4.78, 5) is 7.59. The Morgan fingerprint density at radius 1 is 1.00 bits per heavy atom. The summed E-state index contributed by atoms with van der Waals surface area (Å²) in [5, 5.41) is 5.25. The molecule has 0 saturated heterocycles. The van der Waals surface area contributed by atoms with Crippen molar-refractivity contribution < 1.29 is 0 Å². The molecule has 2 aromatic heterocycles. The monoisotopic (exact) mass is 468 g/mol.